The molecule has 0 aliphatic heterocycles. The third kappa shape index (κ3) is 6.15. The Morgan fingerprint density at radius 1 is 0.538 bits per heavy atom. The molecule has 0 aromatic carbocycles. The predicted molar refractivity (Wildman–Crippen MR) is 59.6 cm³/mol. The summed E-state index contributed by atoms with van der Waals surface area (Å²) in [6.45, 7) is 0. The highest BCUT2D eigenvalue weighted by atomic mass is 13.9. The Kier molecular flexibility index (Phi) is 5.87. The maximum absolute atomic E-state index is 2.28. The molecule has 0 saturated heterocycles. The number of hydrogen-bond acceptors (Lipinski definition) is 0. The largest absolute Gasteiger partial charge is 0.0882 e. The van der Waals surface area contributed by atoms with Gasteiger partial charge in [0.1, 0.15) is 0 Å². The second kappa shape index (κ2) is 7.60. The van der Waals surface area contributed by atoms with Crippen molar-refractivity contribution in [3.8, 4) is 0 Å². The van der Waals surface area contributed by atoms with Crippen molar-refractivity contribution < 1.29 is 0 Å². The number of rotatable bonds is 0. The van der Waals surface area contributed by atoms with Gasteiger partial charge in [0.15, 0.2) is 0 Å². The topological polar surface area (TPSA) is 0 Å². The Balaban J connectivity index is 2.38. The summed E-state index contributed by atoms with van der Waals surface area (Å²) < 4.78 is 0. The van der Waals surface area contributed by atoms with E-state index in [1.165, 1.54) is 19.3 Å². The van der Waals surface area contributed by atoms with Gasteiger partial charge in [0.05, 0.1) is 0 Å². The van der Waals surface area contributed by atoms with Gasteiger partial charge in [-0.15, -0.1) is 0 Å². The molecule has 0 nitrogen and oxygen atoms in total. The number of hydrogen-bond donors (Lipinski definition) is 0. The van der Waals surface area contributed by atoms with Gasteiger partial charge in [0, 0.05) is 0 Å². The molecule has 0 aromatic rings. The average molecular weight is 174 g/mol. The summed E-state index contributed by atoms with van der Waals surface area (Å²) >= 11 is 0. The first kappa shape index (κ1) is 10.0. The SMILES string of the molecule is C1=CCCC/C=C/C/C=C/C=C/C1. The van der Waals surface area contributed by atoms with Crippen molar-refractivity contribution in [2.75, 3.05) is 0 Å². The molecule has 1 aliphatic rings. The van der Waals surface area contributed by atoms with Crippen LogP contribution in [0.15, 0.2) is 48.6 Å². The van der Waals surface area contributed by atoms with Crippen LogP contribution in [0, 0.1) is 0 Å². The Morgan fingerprint density at radius 2 is 1.08 bits per heavy atom. The van der Waals surface area contributed by atoms with Crippen molar-refractivity contribution >= 4 is 0 Å². The monoisotopic (exact) mass is 174 g/mol. The van der Waals surface area contributed by atoms with Gasteiger partial charge >= 0.3 is 0 Å². The molecule has 1 rings (SSSR count). The van der Waals surface area contributed by atoms with Crippen LogP contribution in [0.25, 0.3) is 0 Å². The molecular formula is C13H18. The van der Waals surface area contributed by atoms with Crippen LogP contribution in [-0.4, -0.2) is 0 Å². The van der Waals surface area contributed by atoms with E-state index in [0.29, 0.717) is 0 Å². The zero-order valence-electron chi connectivity index (χ0n) is 8.15. The van der Waals surface area contributed by atoms with Crippen molar-refractivity contribution in [2.45, 2.75) is 32.1 Å². The molecule has 1 aliphatic carbocycles. The molecule has 0 unspecified atom stereocenters. The summed E-state index contributed by atoms with van der Waals surface area (Å²) in [5.41, 5.74) is 0. The maximum atomic E-state index is 2.28. The van der Waals surface area contributed by atoms with Gasteiger partial charge in [-0.25, -0.2) is 0 Å². The Labute approximate surface area is 81.4 Å². The second-order valence-corrected chi connectivity index (χ2v) is 3.20. The lowest BCUT2D eigenvalue weighted by molar-refractivity contribution is 0.864. The van der Waals surface area contributed by atoms with Gasteiger partial charge in [-0.1, -0.05) is 48.6 Å². The van der Waals surface area contributed by atoms with Crippen LogP contribution >= 0.6 is 0 Å². The first-order valence-corrected chi connectivity index (χ1v) is 5.12. The normalized spacial score (nSPS) is 26.5. The van der Waals surface area contributed by atoms with E-state index in [2.05, 4.69) is 48.6 Å². The van der Waals surface area contributed by atoms with Gasteiger partial charge in [-0.05, 0) is 32.1 Å². The third-order valence-corrected chi connectivity index (χ3v) is 2.00. The minimum atomic E-state index is 1.07. The fourth-order valence-electron chi connectivity index (χ4n) is 1.25. The summed E-state index contributed by atoms with van der Waals surface area (Å²) in [6.07, 6.45) is 23.5. The van der Waals surface area contributed by atoms with Crippen LogP contribution < -0.4 is 0 Å². The standard InChI is InChI=1S/C13H18/c1-2-4-6-8-10-12-13-11-9-7-5-3-1/h1-4,7-10H,5-6,11-13H2/b3-1+,4-2+,9-7+,10-8?. The van der Waals surface area contributed by atoms with E-state index in [-0.39, 0.29) is 0 Å². The minimum absolute atomic E-state index is 1.07. The fourth-order valence-corrected chi connectivity index (χ4v) is 1.25. The average Bonchev–Trinajstić information content (AvgIpc) is 2.18. The second-order valence-electron chi connectivity index (χ2n) is 3.20. The maximum Gasteiger partial charge on any atom is -0.0166 e. The molecule has 0 atom stereocenters. The fraction of sp³-hybridized carbons (Fsp3) is 0.385. The van der Waals surface area contributed by atoms with E-state index in [9.17, 15) is 0 Å². The Morgan fingerprint density at radius 3 is 1.62 bits per heavy atom. The minimum Gasteiger partial charge on any atom is -0.0882 e. The highest BCUT2D eigenvalue weighted by Crippen LogP contribution is 2.01. The van der Waals surface area contributed by atoms with Crippen LogP contribution in [0.3, 0.4) is 0 Å². The first-order chi connectivity index (χ1) is 6.50. The van der Waals surface area contributed by atoms with E-state index in [4.69, 9.17) is 0 Å². The summed E-state index contributed by atoms with van der Waals surface area (Å²) in [6, 6.07) is 0. The molecule has 0 aromatic heterocycles. The van der Waals surface area contributed by atoms with Gasteiger partial charge in [0.2, 0.25) is 0 Å². The lowest BCUT2D eigenvalue weighted by atomic mass is 10.2. The highest BCUT2D eigenvalue weighted by molar-refractivity contribution is 5.07. The molecule has 0 saturated carbocycles. The summed E-state index contributed by atoms with van der Waals surface area (Å²) in [7, 11) is 0. The molecule has 0 radical (unpaired) electrons. The number of allylic oxidation sites excluding steroid dienone is 8. The quantitative estimate of drug-likeness (QED) is 0.483. The van der Waals surface area contributed by atoms with Crippen LogP contribution in [0.4, 0.5) is 0 Å². The lowest BCUT2D eigenvalue weighted by Crippen LogP contribution is -1.69. The molecular weight excluding hydrogens is 156 g/mol. The van der Waals surface area contributed by atoms with Crippen molar-refractivity contribution in [1.29, 1.82) is 0 Å². The molecule has 0 fully saturated rings. The summed E-state index contributed by atoms with van der Waals surface area (Å²) in [5, 5.41) is 0. The lowest BCUT2D eigenvalue weighted by Gasteiger charge is -1.89. The van der Waals surface area contributed by atoms with Crippen molar-refractivity contribution in [3.05, 3.63) is 48.6 Å². The molecule has 13 heavy (non-hydrogen) atoms. The molecule has 0 heterocycles. The molecule has 0 amide bonds. The zero-order valence-corrected chi connectivity index (χ0v) is 8.15. The molecule has 70 valence electrons. The first-order valence-electron chi connectivity index (χ1n) is 5.12. The Bertz CT molecular complexity index is 192. The highest BCUT2D eigenvalue weighted by Gasteiger charge is 1.80. The van der Waals surface area contributed by atoms with E-state index in [0.717, 1.165) is 12.8 Å². The van der Waals surface area contributed by atoms with Gasteiger partial charge in [0.25, 0.3) is 0 Å². The predicted octanol–water partition coefficient (Wildman–Crippen LogP) is 4.18. The van der Waals surface area contributed by atoms with Crippen LogP contribution in [0.1, 0.15) is 32.1 Å². The van der Waals surface area contributed by atoms with E-state index >= 15 is 0 Å². The molecule has 0 N–H and O–H groups in total. The van der Waals surface area contributed by atoms with Gasteiger partial charge in [-0.2, -0.15) is 0 Å². The van der Waals surface area contributed by atoms with Crippen molar-refractivity contribution in [1.82, 2.24) is 0 Å². The van der Waals surface area contributed by atoms with E-state index in [1.54, 1.807) is 0 Å². The van der Waals surface area contributed by atoms with Crippen LogP contribution in [-0.2, 0) is 0 Å². The molecule has 0 heteroatoms. The molecule has 0 spiro atoms. The van der Waals surface area contributed by atoms with Gasteiger partial charge in [-0.3, -0.25) is 0 Å². The molecule has 0 bridgehead atoms. The van der Waals surface area contributed by atoms with E-state index < -0.39 is 0 Å². The van der Waals surface area contributed by atoms with Crippen LogP contribution in [0.2, 0.25) is 0 Å². The Hall–Kier alpha value is -1.04. The summed E-state index contributed by atoms with van der Waals surface area (Å²) in [5.74, 6) is 0. The summed E-state index contributed by atoms with van der Waals surface area (Å²) in [4.78, 5) is 0. The van der Waals surface area contributed by atoms with Crippen molar-refractivity contribution in [3.63, 3.8) is 0 Å². The third-order valence-electron chi connectivity index (χ3n) is 2.00. The smallest absolute Gasteiger partial charge is 0.0166 e. The van der Waals surface area contributed by atoms with Crippen LogP contribution in [0.5, 0.6) is 0 Å². The van der Waals surface area contributed by atoms with Gasteiger partial charge < -0.3 is 0 Å². The van der Waals surface area contributed by atoms with Crippen molar-refractivity contribution in [2.24, 2.45) is 0 Å². The zero-order chi connectivity index (χ0) is 9.19. The van der Waals surface area contributed by atoms with E-state index in [1.807, 2.05) is 0 Å².